The smallest absolute Gasteiger partial charge is 0.264 e. The van der Waals surface area contributed by atoms with Gasteiger partial charge in [0.1, 0.15) is 18.3 Å². The number of hydrogen-bond acceptors (Lipinski definition) is 5. The number of carbonyl (C=O) groups is 2. The first-order valence-corrected chi connectivity index (χ1v) is 15.4. The van der Waals surface area contributed by atoms with Gasteiger partial charge in [-0.1, -0.05) is 52.7 Å². The number of rotatable bonds is 13. The van der Waals surface area contributed by atoms with Gasteiger partial charge in [-0.2, -0.15) is 0 Å². The van der Waals surface area contributed by atoms with E-state index in [1.165, 1.54) is 17.0 Å². The van der Waals surface area contributed by atoms with Crippen LogP contribution in [0.25, 0.3) is 0 Å². The number of aryl methyl sites for hydroxylation is 1. The van der Waals surface area contributed by atoms with E-state index in [-0.39, 0.29) is 17.3 Å². The molecule has 0 saturated heterocycles. The minimum absolute atomic E-state index is 0.0383. The van der Waals surface area contributed by atoms with E-state index in [0.717, 1.165) is 26.3 Å². The second-order valence-electron chi connectivity index (χ2n) is 9.37. The number of nitrogens with one attached hydrogen (secondary N) is 1. The molecule has 0 aliphatic carbocycles. The molecule has 1 N–H and O–H groups in total. The van der Waals surface area contributed by atoms with E-state index >= 15 is 0 Å². The average Bonchev–Trinajstić information content (AvgIpc) is 2.93. The number of ether oxygens (including phenoxy) is 1. The number of benzene rings is 3. The molecule has 10 heteroatoms. The van der Waals surface area contributed by atoms with Crippen LogP contribution in [0, 0.1) is 6.92 Å². The summed E-state index contributed by atoms with van der Waals surface area (Å²) in [5.74, 6) is -0.220. The van der Waals surface area contributed by atoms with Crippen molar-refractivity contribution in [3.05, 3.63) is 88.4 Å². The van der Waals surface area contributed by atoms with Crippen molar-refractivity contribution in [3.63, 3.8) is 0 Å². The number of hydrogen-bond donors (Lipinski definition) is 1. The van der Waals surface area contributed by atoms with Crippen LogP contribution >= 0.6 is 15.9 Å². The lowest BCUT2D eigenvalue weighted by Gasteiger charge is -2.32. The summed E-state index contributed by atoms with van der Waals surface area (Å²) in [6.45, 7) is 8.01. The Bertz CT molecular complexity index is 1400. The quantitative estimate of drug-likeness (QED) is 0.277. The molecule has 0 bridgehead atoms. The molecule has 0 fully saturated rings. The molecule has 214 valence electrons. The summed E-state index contributed by atoms with van der Waals surface area (Å²) < 4.78 is 35.1. The van der Waals surface area contributed by atoms with E-state index in [1.54, 1.807) is 43.3 Å². The first-order chi connectivity index (χ1) is 19.1. The Balaban J connectivity index is 2.02. The second-order valence-corrected chi connectivity index (χ2v) is 12.1. The predicted octanol–water partition coefficient (Wildman–Crippen LogP) is 5.30. The van der Waals surface area contributed by atoms with E-state index < -0.39 is 28.5 Å². The molecule has 0 aliphatic heterocycles. The van der Waals surface area contributed by atoms with Gasteiger partial charge < -0.3 is 15.0 Å². The fraction of sp³-hybridized carbons (Fsp3) is 0.333. The van der Waals surface area contributed by atoms with Crippen molar-refractivity contribution in [1.29, 1.82) is 0 Å². The minimum Gasteiger partial charge on any atom is -0.494 e. The maximum absolute atomic E-state index is 13.9. The predicted molar refractivity (Wildman–Crippen MR) is 161 cm³/mol. The second kappa shape index (κ2) is 14.3. The summed E-state index contributed by atoms with van der Waals surface area (Å²) in [7, 11) is -4.14. The highest BCUT2D eigenvalue weighted by Crippen LogP contribution is 2.27. The van der Waals surface area contributed by atoms with Gasteiger partial charge in [0.05, 0.1) is 17.2 Å². The van der Waals surface area contributed by atoms with Crippen LogP contribution in [0.5, 0.6) is 5.75 Å². The Hall–Kier alpha value is -3.37. The van der Waals surface area contributed by atoms with Gasteiger partial charge in [-0.3, -0.25) is 13.9 Å². The average molecular weight is 631 g/mol. The van der Waals surface area contributed by atoms with Crippen molar-refractivity contribution < 1.29 is 22.7 Å². The number of sulfonamides is 1. The van der Waals surface area contributed by atoms with Gasteiger partial charge in [-0.25, -0.2) is 8.42 Å². The zero-order chi connectivity index (χ0) is 29.3. The Morgan fingerprint density at radius 1 is 1.00 bits per heavy atom. The molecule has 3 aromatic carbocycles. The van der Waals surface area contributed by atoms with Crippen molar-refractivity contribution in [1.82, 2.24) is 10.2 Å². The maximum atomic E-state index is 13.9. The molecule has 0 aliphatic rings. The van der Waals surface area contributed by atoms with Gasteiger partial charge in [-0.05, 0) is 81.3 Å². The van der Waals surface area contributed by atoms with Crippen LogP contribution in [-0.4, -0.2) is 50.9 Å². The third kappa shape index (κ3) is 8.08. The molecule has 0 aromatic heterocycles. The molecule has 0 spiro atoms. The highest BCUT2D eigenvalue weighted by molar-refractivity contribution is 9.10. The fourth-order valence-electron chi connectivity index (χ4n) is 4.12. The van der Waals surface area contributed by atoms with Gasteiger partial charge in [0.15, 0.2) is 0 Å². The van der Waals surface area contributed by atoms with Gasteiger partial charge in [-0.15, -0.1) is 0 Å². The molecular weight excluding hydrogens is 594 g/mol. The third-order valence-electron chi connectivity index (χ3n) is 6.27. The van der Waals surface area contributed by atoms with E-state index in [9.17, 15) is 18.0 Å². The van der Waals surface area contributed by atoms with Gasteiger partial charge >= 0.3 is 0 Å². The van der Waals surface area contributed by atoms with Crippen molar-refractivity contribution in [2.24, 2.45) is 0 Å². The molecule has 3 aromatic rings. The Kier molecular flexibility index (Phi) is 11.2. The summed E-state index contributed by atoms with van der Waals surface area (Å²) in [6, 6.07) is 19.6. The molecule has 8 nitrogen and oxygen atoms in total. The number of halogens is 1. The molecule has 3 rings (SSSR count). The molecule has 40 heavy (non-hydrogen) atoms. The van der Waals surface area contributed by atoms with Crippen LogP contribution in [0.3, 0.4) is 0 Å². The van der Waals surface area contributed by atoms with Gasteiger partial charge in [0, 0.05) is 17.6 Å². The summed E-state index contributed by atoms with van der Waals surface area (Å²) in [4.78, 5) is 28.4. The van der Waals surface area contributed by atoms with Gasteiger partial charge in [0.2, 0.25) is 11.8 Å². The lowest BCUT2D eigenvalue weighted by Crippen LogP contribution is -2.51. The molecule has 0 saturated carbocycles. The highest BCUT2D eigenvalue weighted by Gasteiger charge is 2.32. The Labute approximate surface area is 245 Å². The van der Waals surface area contributed by atoms with E-state index in [1.807, 2.05) is 45.0 Å². The third-order valence-corrected chi connectivity index (χ3v) is 8.58. The first kappa shape index (κ1) is 31.2. The number of amides is 2. The van der Waals surface area contributed by atoms with E-state index in [4.69, 9.17) is 4.74 Å². The summed E-state index contributed by atoms with van der Waals surface area (Å²) >= 11 is 3.34. The first-order valence-electron chi connectivity index (χ1n) is 13.2. The van der Waals surface area contributed by atoms with Crippen LogP contribution in [0.1, 0.15) is 38.3 Å². The zero-order valence-corrected chi connectivity index (χ0v) is 25.7. The monoisotopic (exact) mass is 629 g/mol. The van der Waals surface area contributed by atoms with Crippen LogP contribution in [-0.2, 0) is 26.2 Å². The Morgan fingerprint density at radius 3 is 2.27 bits per heavy atom. The van der Waals surface area contributed by atoms with Crippen LogP contribution < -0.4 is 14.4 Å². The largest absolute Gasteiger partial charge is 0.494 e. The molecule has 0 unspecified atom stereocenters. The molecular formula is C30H36BrN3O5S. The van der Waals surface area contributed by atoms with Crippen LogP contribution in [0.15, 0.2) is 82.2 Å². The summed E-state index contributed by atoms with van der Waals surface area (Å²) in [5, 5.41) is 2.85. The number of anilines is 1. The fourth-order valence-corrected chi connectivity index (χ4v) is 5.80. The van der Waals surface area contributed by atoms with Crippen LogP contribution in [0.4, 0.5) is 5.69 Å². The van der Waals surface area contributed by atoms with Crippen molar-refractivity contribution >= 4 is 43.5 Å². The summed E-state index contributed by atoms with van der Waals surface area (Å²) in [5.41, 5.74) is 2.16. The number of carbonyl (C=O) groups excluding carboxylic acids is 2. The van der Waals surface area contributed by atoms with Crippen molar-refractivity contribution in [2.45, 2.75) is 51.6 Å². The lowest BCUT2D eigenvalue weighted by atomic mass is 10.1. The normalized spacial score (nSPS) is 11.9. The van der Waals surface area contributed by atoms with Crippen molar-refractivity contribution in [2.75, 3.05) is 24.0 Å². The van der Waals surface area contributed by atoms with Crippen LogP contribution in [0.2, 0.25) is 0 Å². The minimum atomic E-state index is -4.14. The molecule has 1 atom stereocenters. The van der Waals surface area contributed by atoms with E-state index in [2.05, 4.69) is 21.2 Å². The number of nitrogens with zero attached hydrogens (tertiary/aromatic N) is 2. The van der Waals surface area contributed by atoms with Crippen molar-refractivity contribution in [3.8, 4) is 5.75 Å². The maximum Gasteiger partial charge on any atom is 0.264 e. The standard InChI is InChI=1S/C30H36BrN3O5S/c1-5-18-32-30(36)23(4)33(20-24-9-7-8-22(3)19-24)29(35)21-34(26-12-14-27(15-13-26)39-6-2)40(37,38)28-16-10-25(31)11-17-28/h7-17,19,23H,5-6,18,20-21H2,1-4H3,(H,32,36)/t23-/m0/s1. The molecule has 0 radical (unpaired) electrons. The Morgan fingerprint density at radius 2 is 1.68 bits per heavy atom. The van der Waals surface area contributed by atoms with E-state index in [0.29, 0.717) is 24.6 Å². The summed E-state index contributed by atoms with van der Waals surface area (Å²) in [6.07, 6.45) is 0.751. The van der Waals surface area contributed by atoms with Gasteiger partial charge in [0.25, 0.3) is 10.0 Å². The molecule has 2 amide bonds. The molecule has 0 heterocycles. The zero-order valence-electron chi connectivity index (χ0n) is 23.3. The topological polar surface area (TPSA) is 96.0 Å². The SMILES string of the molecule is CCCNC(=O)[C@H](C)N(Cc1cccc(C)c1)C(=O)CN(c1ccc(OCC)cc1)S(=O)(=O)c1ccc(Br)cc1. The highest BCUT2D eigenvalue weighted by atomic mass is 79.9. The lowest BCUT2D eigenvalue weighted by molar-refractivity contribution is -0.139.